The van der Waals surface area contributed by atoms with Crippen LogP contribution in [0.15, 0.2) is 59.4 Å². The van der Waals surface area contributed by atoms with Crippen molar-refractivity contribution in [2.24, 2.45) is 5.92 Å². The van der Waals surface area contributed by atoms with E-state index in [1.807, 2.05) is 30.3 Å². The molecule has 0 radical (unpaired) electrons. The van der Waals surface area contributed by atoms with Crippen LogP contribution in [-0.2, 0) is 11.3 Å². The first-order valence-corrected chi connectivity index (χ1v) is 10.7. The summed E-state index contributed by atoms with van der Waals surface area (Å²) < 4.78 is 1.29. The summed E-state index contributed by atoms with van der Waals surface area (Å²) in [5.74, 6) is -0.164. The number of hydrogen-bond acceptors (Lipinski definition) is 4. The number of hydrazine groups is 1. The molecule has 3 aromatic rings. The molecule has 1 aromatic heterocycles. The van der Waals surface area contributed by atoms with Gasteiger partial charge in [-0.05, 0) is 24.0 Å². The molecule has 0 aliphatic heterocycles. The molecule has 1 saturated carbocycles. The maximum absolute atomic E-state index is 12.9. The van der Waals surface area contributed by atoms with E-state index < -0.39 is 5.91 Å². The Hall–Kier alpha value is -3.48. The van der Waals surface area contributed by atoms with Crippen molar-refractivity contribution >= 4 is 22.6 Å². The number of carbonyl (C=O) groups excluding carboxylic acids is 2. The van der Waals surface area contributed by atoms with Crippen molar-refractivity contribution < 1.29 is 9.59 Å². The van der Waals surface area contributed by atoms with Crippen molar-refractivity contribution in [1.82, 2.24) is 20.6 Å². The van der Waals surface area contributed by atoms with Gasteiger partial charge in [0.15, 0.2) is 5.69 Å². The highest BCUT2D eigenvalue weighted by molar-refractivity contribution is 6.05. The van der Waals surface area contributed by atoms with Gasteiger partial charge in [-0.2, -0.15) is 5.10 Å². The minimum absolute atomic E-state index is 0.0993. The lowest BCUT2D eigenvalue weighted by molar-refractivity contribution is -0.122. The molecule has 160 valence electrons. The van der Waals surface area contributed by atoms with E-state index in [-0.39, 0.29) is 23.7 Å². The average Bonchev–Trinajstić information content (AvgIpc) is 3.32. The van der Waals surface area contributed by atoms with Gasteiger partial charge >= 0.3 is 0 Å². The zero-order valence-corrected chi connectivity index (χ0v) is 17.3. The van der Waals surface area contributed by atoms with E-state index >= 15 is 0 Å². The molecule has 0 unspecified atom stereocenters. The van der Waals surface area contributed by atoms with Gasteiger partial charge in [-0.3, -0.25) is 25.2 Å². The highest BCUT2D eigenvalue weighted by Crippen LogP contribution is 2.28. The normalized spacial score (nSPS) is 13.9. The van der Waals surface area contributed by atoms with Crippen molar-refractivity contribution in [1.29, 1.82) is 0 Å². The topological polar surface area (TPSA) is 93.1 Å². The minimum Gasteiger partial charge on any atom is -0.273 e. The molecule has 7 heteroatoms. The van der Waals surface area contributed by atoms with Gasteiger partial charge in [0.2, 0.25) is 5.91 Å². The summed E-state index contributed by atoms with van der Waals surface area (Å²) in [5.41, 5.74) is 5.68. The van der Waals surface area contributed by atoms with Crippen LogP contribution in [0, 0.1) is 5.92 Å². The van der Waals surface area contributed by atoms with E-state index in [0.29, 0.717) is 23.1 Å². The van der Waals surface area contributed by atoms with Crippen LogP contribution in [0.25, 0.3) is 10.8 Å². The molecular weight excluding hydrogens is 392 g/mol. The number of carbonyl (C=O) groups is 2. The summed E-state index contributed by atoms with van der Waals surface area (Å²) in [7, 11) is 0. The Kier molecular flexibility index (Phi) is 6.40. The van der Waals surface area contributed by atoms with Gasteiger partial charge in [0.1, 0.15) is 0 Å². The summed E-state index contributed by atoms with van der Waals surface area (Å²) in [6, 6.07) is 16.3. The van der Waals surface area contributed by atoms with Crippen LogP contribution in [0.2, 0.25) is 0 Å². The van der Waals surface area contributed by atoms with E-state index in [4.69, 9.17) is 0 Å². The molecular formula is C24H26N4O3. The van der Waals surface area contributed by atoms with Gasteiger partial charge in [0.05, 0.1) is 11.9 Å². The van der Waals surface area contributed by atoms with Crippen molar-refractivity contribution in [3.63, 3.8) is 0 Å². The molecule has 1 aliphatic carbocycles. The fourth-order valence-corrected chi connectivity index (χ4v) is 4.15. The summed E-state index contributed by atoms with van der Waals surface area (Å²) in [5, 5.41) is 5.19. The third-order valence-electron chi connectivity index (χ3n) is 5.83. The van der Waals surface area contributed by atoms with E-state index in [1.165, 1.54) is 30.4 Å². The molecule has 0 saturated heterocycles. The number of fused-ring (bicyclic) bond motifs is 1. The molecule has 2 aromatic carbocycles. The molecule has 1 heterocycles. The van der Waals surface area contributed by atoms with Gasteiger partial charge in [0, 0.05) is 11.8 Å². The molecule has 0 bridgehead atoms. The van der Waals surface area contributed by atoms with E-state index in [1.54, 1.807) is 24.3 Å². The number of nitrogens with one attached hydrogen (secondary N) is 2. The lowest BCUT2D eigenvalue weighted by Gasteiger charge is -2.13. The predicted octanol–water partition coefficient (Wildman–Crippen LogP) is 3.18. The largest absolute Gasteiger partial charge is 0.290 e. The highest BCUT2D eigenvalue weighted by Gasteiger charge is 2.19. The zero-order chi connectivity index (χ0) is 21.6. The molecule has 2 N–H and O–H groups in total. The third kappa shape index (κ3) is 4.99. The standard InChI is InChI=1S/C24H26N4O3/c29-21(15-14-17-8-4-5-9-17)25-26-23(30)22-19-12-6-7-13-20(19)24(31)28(27-22)16-18-10-2-1-3-11-18/h1-3,6-7,10-13,17H,4-5,8-9,14-16H2,(H,25,29)(H,26,30). The molecule has 31 heavy (non-hydrogen) atoms. The molecule has 2 amide bonds. The van der Waals surface area contributed by atoms with Crippen molar-refractivity contribution in [3.8, 4) is 0 Å². The number of nitrogens with zero attached hydrogens (tertiary/aromatic N) is 2. The second-order valence-corrected chi connectivity index (χ2v) is 8.03. The minimum atomic E-state index is -0.549. The van der Waals surface area contributed by atoms with Crippen LogP contribution in [0.1, 0.15) is 54.6 Å². The van der Waals surface area contributed by atoms with Crippen LogP contribution in [0.5, 0.6) is 0 Å². The summed E-state index contributed by atoms with van der Waals surface area (Å²) in [4.78, 5) is 37.9. The maximum Gasteiger partial charge on any atom is 0.290 e. The first-order valence-electron chi connectivity index (χ1n) is 10.7. The van der Waals surface area contributed by atoms with Crippen molar-refractivity contribution in [2.75, 3.05) is 0 Å². The average molecular weight is 418 g/mol. The molecule has 7 nitrogen and oxygen atoms in total. The fraction of sp³-hybridized carbons (Fsp3) is 0.333. The first-order chi connectivity index (χ1) is 15.1. The highest BCUT2D eigenvalue weighted by atomic mass is 16.2. The van der Waals surface area contributed by atoms with E-state index in [9.17, 15) is 14.4 Å². The second-order valence-electron chi connectivity index (χ2n) is 8.03. The number of aromatic nitrogens is 2. The Morgan fingerprint density at radius 2 is 1.61 bits per heavy atom. The molecule has 0 atom stereocenters. The van der Waals surface area contributed by atoms with Crippen LogP contribution in [-0.4, -0.2) is 21.6 Å². The van der Waals surface area contributed by atoms with E-state index in [0.717, 1.165) is 12.0 Å². The van der Waals surface area contributed by atoms with Crippen LogP contribution in [0.4, 0.5) is 0 Å². The number of benzene rings is 2. The Labute approximate surface area is 180 Å². The smallest absolute Gasteiger partial charge is 0.273 e. The van der Waals surface area contributed by atoms with Gasteiger partial charge in [-0.1, -0.05) is 74.2 Å². The van der Waals surface area contributed by atoms with E-state index in [2.05, 4.69) is 16.0 Å². The van der Waals surface area contributed by atoms with Gasteiger partial charge < -0.3 is 0 Å². The Morgan fingerprint density at radius 1 is 0.935 bits per heavy atom. The number of rotatable bonds is 6. The summed E-state index contributed by atoms with van der Waals surface area (Å²) in [6.45, 7) is 0.249. The maximum atomic E-state index is 12.9. The van der Waals surface area contributed by atoms with Crippen LogP contribution >= 0.6 is 0 Å². The quantitative estimate of drug-likeness (QED) is 0.602. The molecule has 1 fully saturated rings. The summed E-state index contributed by atoms with van der Waals surface area (Å²) >= 11 is 0. The van der Waals surface area contributed by atoms with Crippen LogP contribution < -0.4 is 16.4 Å². The second kappa shape index (κ2) is 9.55. The monoisotopic (exact) mass is 418 g/mol. The van der Waals surface area contributed by atoms with Crippen LogP contribution in [0.3, 0.4) is 0 Å². The third-order valence-corrected chi connectivity index (χ3v) is 5.83. The number of amides is 2. The molecule has 0 spiro atoms. The van der Waals surface area contributed by atoms with Gasteiger partial charge in [-0.15, -0.1) is 0 Å². The van der Waals surface area contributed by atoms with Crippen molar-refractivity contribution in [3.05, 3.63) is 76.2 Å². The zero-order valence-electron chi connectivity index (χ0n) is 17.3. The predicted molar refractivity (Wildman–Crippen MR) is 118 cm³/mol. The summed E-state index contributed by atoms with van der Waals surface area (Å²) in [6.07, 6.45) is 6.05. The fourth-order valence-electron chi connectivity index (χ4n) is 4.15. The van der Waals surface area contributed by atoms with Gasteiger partial charge in [-0.25, -0.2) is 4.68 Å². The Bertz CT molecular complexity index is 1130. The lowest BCUT2D eigenvalue weighted by atomic mass is 10.0. The van der Waals surface area contributed by atoms with Crippen molar-refractivity contribution in [2.45, 2.75) is 45.1 Å². The Balaban J connectivity index is 1.51. The Morgan fingerprint density at radius 3 is 2.35 bits per heavy atom. The molecule has 4 rings (SSSR count). The first kappa shape index (κ1) is 20.8. The SMILES string of the molecule is O=C(CCC1CCCC1)NNC(=O)c1nn(Cc2ccccc2)c(=O)c2ccccc12. The molecule has 1 aliphatic rings. The lowest BCUT2D eigenvalue weighted by Crippen LogP contribution is -2.42. The van der Waals surface area contributed by atoms with Gasteiger partial charge in [0.25, 0.3) is 11.5 Å². The number of hydrogen-bond donors (Lipinski definition) is 2.